The van der Waals surface area contributed by atoms with E-state index in [0.717, 1.165) is 49.0 Å². The predicted octanol–water partition coefficient (Wildman–Crippen LogP) is 3.47. The second-order valence-corrected chi connectivity index (χ2v) is 8.25. The van der Waals surface area contributed by atoms with Crippen molar-refractivity contribution >= 4 is 38.6 Å². The number of aromatic nitrogens is 1. The Hall–Kier alpha value is -2.15. The van der Waals surface area contributed by atoms with E-state index in [4.69, 9.17) is 0 Å². The first-order valence-corrected chi connectivity index (χ1v) is 10.1. The number of likely N-dealkylation sites (tertiary alicyclic amines) is 2. The normalized spacial score (nSPS) is 18.5. The summed E-state index contributed by atoms with van der Waals surface area (Å²) in [6.45, 7) is 5.11. The van der Waals surface area contributed by atoms with Gasteiger partial charge in [0.25, 0.3) is 0 Å². The number of thiazole rings is 1. The number of amides is 3. The van der Waals surface area contributed by atoms with Crippen LogP contribution in [0.15, 0.2) is 18.2 Å². The van der Waals surface area contributed by atoms with Crippen molar-refractivity contribution in [3.63, 3.8) is 0 Å². The number of rotatable bonds is 2. The second-order valence-electron chi connectivity index (χ2n) is 7.22. The van der Waals surface area contributed by atoms with Crippen molar-refractivity contribution in [2.24, 2.45) is 5.92 Å². The zero-order valence-corrected chi connectivity index (χ0v) is 15.8. The summed E-state index contributed by atoms with van der Waals surface area (Å²) < 4.78 is 1.09. The van der Waals surface area contributed by atoms with Crippen molar-refractivity contribution in [3.8, 4) is 0 Å². The standard InChI is InChI=1S/C19H24N4O2S/c1-13-4-5-15-16(12-13)26-18(20-15)21-17(24)14-6-10-23(11-7-14)19(25)22-8-2-3-9-22/h4-5,12,14H,2-3,6-11H2,1H3,(H,20,21,24). The number of fused-ring (bicyclic) bond motifs is 1. The molecule has 4 rings (SSSR count). The van der Waals surface area contributed by atoms with Gasteiger partial charge in [-0.3, -0.25) is 4.79 Å². The van der Waals surface area contributed by atoms with E-state index in [2.05, 4.69) is 23.3 Å². The number of piperidine rings is 1. The molecule has 138 valence electrons. The Morgan fingerprint density at radius 1 is 1.12 bits per heavy atom. The molecular weight excluding hydrogens is 348 g/mol. The summed E-state index contributed by atoms with van der Waals surface area (Å²) in [5.74, 6) is -0.0274. The molecule has 2 aliphatic heterocycles. The Morgan fingerprint density at radius 3 is 2.54 bits per heavy atom. The number of anilines is 1. The van der Waals surface area contributed by atoms with Crippen LogP contribution in [0.2, 0.25) is 0 Å². The minimum Gasteiger partial charge on any atom is -0.325 e. The molecule has 1 aromatic heterocycles. The van der Waals surface area contributed by atoms with Crippen LogP contribution in [-0.4, -0.2) is 52.9 Å². The molecule has 0 spiro atoms. The third-order valence-corrected chi connectivity index (χ3v) is 6.22. The van der Waals surface area contributed by atoms with E-state index >= 15 is 0 Å². The summed E-state index contributed by atoms with van der Waals surface area (Å²) in [6.07, 6.45) is 3.64. The molecule has 2 saturated heterocycles. The van der Waals surface area contributed by atoms with Crippen molar-refractivity contribution in [3.05, 3.63) is 23.8 Å². The topological polar surface area (TPSA) is 65.5 Å². The van der Waals surface area contributed by atoms with Crippen LogP contribution in [-0.2, 0) is 4.79 Å². The van der Waals surface area contributed by atoms with E-state index in [9.17, 15) is 9.59 Å². The monoisotopic (exact) mass is 372 g/mol. The Morgan fingerprint density at radius 2 is 1.81 bits per heavy atom. The van der Waals surface area contributed by atoms with Gasteiger partial charge < -0.3 is 15.1 Å². The quantitative estimate of drug-likeness (QED) is 0.878. The van der Waals surface area contributed by atoms with E-state index in [1.165, 1.54) is 16.9 Å². The Balaban J connectivity index is 1.33. The highest BCUT2D eigenvalue weighted by atomic mass is 32.1. The molecule has 2 fully saturated rings. The van der Waals surface area contributed by atoms with E-state index in [1.54, 1.807) is 0 Å². The summed E-state index contributed by atoms with van der Waals surface area (Å²) in [5, 5.41) is 3.63. The number of carbonyl (C=O) groups is 2. The van der Waals surface area contributed by atoms with Gasteiger partial charge in [-0.05, 0) is 50.3 Å². The summed E-state index contributed by atoms with van der Waals surface area (Å²) >= 11 is 1.51. The number of carbonyl (C=O) groups excluding carboxylic acids is 2. The zero-order valence-electron chi connectivity index (χ0n) is 15.0. The van der Waals surface area contributed by atoms with Gasteiger partial charge in [0.05, 0.1) is 10.2 Å². The first-order valence-electron chi connectivity index (χ1n) is 9.32. The Labute approximate surface area is 157 Å². The SMILES string of the molecule is Cc1ccc2nc(NC(=O)C3CCN(C(=O)N4CCCC4)CC3)sc2c1. The number of hydrogen-bond acceptors (Lipinski definition) is 4. The smallest absolute Gasteiger partial charge is 0.319 e. The minimum absolute atomic E-state index is 0.0223. The minimum atomic E-state index is -0.0497. The maximum atomic E-state index is 12.6. The molecule has 0 unspecified atom stereocenters. The summed E-state index contributed by atoms with van der Waals surface area (Å²) in [6, 6.07) is 6.24. The molecule has 2 aromatic rings. The highest BCUT2D eigenvalue weighted by Crippen LogP contribution is 2.28. The van der Waals surface area contributed by atoms with Gasteiger partial charge in [-0.2, -0.15) is 0 Å². The fourth-order valence-electron chi connectivity index (χ4n) is 3.73. The lowest BCUT2D eigenvalue weighted by atomic mass is 9.96. The molecule has 3 amide bonds. The van der Waals surface area contributed by atoms with E-state index < -0.39 is 0 Å². The van der Waals surface area contributed by atoms with Crippen LogP contribution in [0.3, 0.4) is 0 Å². The first kappa shape index (κ1) is 17.3. The average Bonchev–Trinajstić information content (AvgIpc) is 3.30. The van der Waals surface area contributed by atoms with Gasteiger partial charge in [-0.25, -0.2) is 9.78 Å². The zero-order chi connectivity index (χ0) is 18.1. The molecule has 3 heterocycles. The van der Waals surface area contributed by atoms with Crippen LogP contribution in [0, 0.1) is 12.8 Å². The molecule has 7 heteroatoms. The highest BCUT2D eigenvalue weighted by Gasteiger charge is 2.30. The van der Waals surface area contributed by atoms with Crippen LogP contribution in [0.5, 0.6) is 0 Å². The summed E-state index contributed by atoms with van der Waals surface area (Å²) in [5.41, 5.74) is 2.11. The van der Waals surface area contributed by atoms with E-state index in [-0.39, 0.29) is 17.9 Å². The predicted molar refractivity (Wildman–Crippen MR) is 103 cm³/mol. The van der Waals surface area contributed by atoms with Crippen molar-refractivity contribution in [2.75, 3.05) is 31.5 Å². The van der Waals surface area contributed by atoms with Gasteiger partial charge in [0.2, 0.25) is 5.91 Å². The Bertz CT molecular complexity index is 820. The number of nitrogens with zero attached hydrogens (tertiary/aromatic N) is 3. The lowest BCUT2D eigenvalue weighted by Crippen LogP contribution is -2.47. The van der Waals surface area contributed by atoms with Gasteiger partial charge in [0.15, 0.2) is 5.13 Å². The van der Waals surface area contributed by atoms with Crippen LogP contribution in [0.4, 0.5) is 9.93 Å². The number of urea groups is 1. The van der Waals surface area contributed by atoms with Gasteiger partial charge in [0.1, 0.15) is 0 Å². The molecule has 26 heavy (non-hydrogen) atoms. The molecule has 1 N–H and O–H groups in total. The fraction of sp³-hybridized carbons (Fsp3) is 0.526. The van der Waals surface area contributed by atoms with Crippen LogP contribution in [0.25, 0.3) is 10.2 Å². The van der Waals surface area contributed by atoms with Gasteiger partial charge >= 0.3 is 6.03 Å². The van der Waals surface area contributed by atoms with Crippen molar-refractivity contribution in [2.45, 2.75) is 32.6 Å². The molecule has 2 aliphatic rings. The van der Waals surface area contributed by atoms with Crippen LogP contribution >= 0.6 is 11.3 Å². The second kappa shape index (κ2) is 7.23. The molecule has 1 aromatic carbocycles. The molecular formula is C19H24N4O2S. The third-order valence-electron chi connectivity index (χ3n) is 5.29. The number of nitrogens with one attached hydrogen (secondary N) is 1. The number of aryl methyl sites for hydroxylation is 1. The molecule has 6 nitrogen and oxygen atoms in total. The van der Waals surface area contributed by atoms with Crippen LogP contribution < -0.4 is 5.32 Å². The maximum Gasteiger partial charge on any atom is 0.319 e. The summed E-state index contributed by atoms with van der Waals surface area (Å²) in [4.78, 5) is 33.4. The van der Waals surface area contributed by atoms with Gasteiger partial charge in [-0.1, -0.05) is 17.4 Å². The lowest BCUT2D eigenvalue weighted by Gasteiger charge is -2.33. The van der Waals surface area contributed by atoms with E-state index in [0.29, 0.717) is 18.2 Å². The largest absolute Gasteiger partial charge is 0.325 e. The first-order chi connectivity index (χ1) is 12.6. The van der Waals surface area contributed by atoms with Crippen LogP contribution in [0.1, 0.15) is 31.2 Å². The molecule has 0 atom stereocenters. The third kappa shape index (κ3) is 3.53. The van der Waals surface area contributed by atoms with Crippen molar-refractivity contribution in [1.82, 2.24) is 14.8 Å². The maximum absolute atomic E-state index is 12.6. The number of benzene rings is 1. The van der Waals surface area contributed by atoms with Gasteiger partial charge in [0, 0.05) is 32.1 Å². The molecule has 0 bridgehead atoms. The average molecular weight is 372 g/mol. The molecule has 0 radical (unpaired) electrons. The lowest BCUT2D eigenvalue weighted by molar-refractivity contribution is -0.121. The van der Waals surface area contributed by atoms with Crippen molar-refractivity contribution in [1.29, 1.82) is 0 Å². The summed E-state index contributed by atoms with van der Waals surface area (Å²) in [7, 11) is 0. The Kier molecular flexibility index (Phi) is 4.80. The van der Waals surface area contributed by atoms with Gasteiger partial charge in [-0.15, -0.1) is 0 Å². The molecule has 0 aliphatic carbocycles. The van der Waals surface area contributed by atoms with E-state index in [1.807, 2.05) is 21.9 Å². The van der Waals surface area contributed by atoms with Crippen molar-refractivity contribution < 1.29 is 9.59 Å². The fourth-order valence-corrected chi connectivity index (χ4v) is 4.70. The molecule has 0 saturated carbocycles. The highest BCUT2D eigenvalue weighted by molar-refractivity contribution is 7.22. The number of hydrogen-bond donors (Lipinski definition) is 1.